The van der Waals surface area contributed by atoms with Crippen LogP contribution in [0.1, 0.15) is 33.6 Å². The van der Waals surface area contributed by atoms with Gasteiger partial charge in [-0.25, -0.2) is 4.79 Å². The van der Waals surface area contributed by atoms with Crippen molar-refractivity contribution < 1.29 is 14.3 Å². The van der Waals surface area contributed by atoms with E-state index in [1.807, 2.05) is 31.9 Å². The number of hydrogen-bond acceptors (Lipinski definition) is 3. The number of fused-ring (bicyclic) bond motifs is 2. The molecule has 0 aromatic heterocycles. The average molecular weight is 239 g/mol. The van der Waals surface area contributed by atoms with Crippen molar-refractivity contribution in [3.63, 3.8) is 0 Å². The SMILES string of the molecule is CO/C=C1\CC2CC1CN2C(=O)OC(C)(C)C. The lowest BCUT2D eigenvalue weighted by Crippen LogP contribution is -2.41. The third-order valence-electron chi connectivity index (χ3n) is 3.31. The van der Waals surface area contributed by atoms with Gasteiger partial charge < -0.3 is 14.4 Å². The number of nitrogens with zero attached hydrogens (tertiary/aromatic N) is 1. The van der Waals surface area contributed by atoms with Crippen LogP contribution in [0.2, 0.25) is 0 Å². The topological polar surface area (TPSA) is 38.8 Å². The summed E-state index contributed by atoms with van der Waals surface area (Å²) in [6, 6.07) is 0.302. The Bertz CT molecular complexity index is 343. The van der Waals surface area contributed by atoms with Gasteiger partial charge >= 0.3 is 6.09 Å². The Morgan fingerprint density at radius 3 is 2.65 bits per heavy atom. The van der Waals surface area contributed by atoms with E-state index < -0.39 is 5.60 Å². The van der Waals surface area contributed by atoms with E-state index in [0.29, 0.717) is 12.0 Å². The Hall–Kier alpha value is -1.19. The summed E-state index contributed by atoms with van der Waals surface area (Å²) in [7, 11) is 1.67. The highest BCUT2D eigenvalue weighted by molar-refractivity contribution is 5.69. The van der Waals surface area contributed by atoms with Crippen LogP contribution in [0, 0.1) is 5.92 Å². The molecule has 1 heterocycles. The van der Waals surface area contributed by atoms with Gasteiger partial charge in [-0.3, -0.25) is 0 Å². The van der Waals surface area contributed by atoms with E-state index in [4.69, 9.17) is 9.47 Å². The zero-order valence-corrected chi connectivity index (χ0v) is 11.0. The largest absolute Gasteiger partial charge is 0.504 e. The molecular formula is C13H21NO3. The molecule has 1 saturated heterocycles. The van der Waals surface area contributed by atoms with Gasteiger partial charge in [0.1, 0.15) is 5.60 Å². The van der Waals surface area contributed by atoms with Gasteiger partial charge in [0.05, 0.1) is 13.4 Å². The molecule has 2 fully saturated rings. The van der Waals surface area contributed by atoms with Crippen molar-refractivity contribution in [3.05, 3.63) is 11.8 Å². The first-order valence-corrected chi connectivity index (χ1v) is 6.12. The Morgan fingerprint density at radius 2 is 2.18 bits per heavy atom. The van der Waals surface area contributed by atoms with Crippen LogP contribution in [0.15, 0.2) is 11.8 Å². The molecular weight excluding hydrogens is 218 g/mol. The zero-order chi connectivity index (χ0) is 12.6. The number of likely N-dealkylation sites (tertiary alicyclic amines) is 1. The van der Waals surface area contributed by atoms with E-state index in [1.54, 1.807) is 7.11 Å². The lowest BCUT2D eigenvalue weighted by molar-refractivity contribution is 0.0208. The summed E-state index contributed by atoms with van der Waals surface area (Å²) in [5, 5.41) is 0. The van der Waals surface area contributed by atoms with Gasteiger partial charge in [0.25, 0.3) is 0 Å². The monoisotopic (exact) mass is 239 g/mol. The van der Waals surface area contributed by atoms with Crippen LogP contribution in [-0.2, 0) is 9.47 Å². The minimum atomic E-state index is -0.413. The average Bonchev–Trinajstić information content (AvgIpc) is 2.74. The van der Waals surface area contributed by atoms with Crippen molar-refractivity contribution in [2.45, 2.75) is 45.3 Å². The van der Waals surface area contributed by atoms with Crippen LogP contribution in [0.3, 0.4) is 0 Å². The van der Waals surface area contributed by atoms with Crippen LogP contribution in [0.5, 0.6) is 0 Å². The maximum atomic E-state index is 12.0. The number of amides is 1. The molecule has 17 heavy (non-hydrogen) atoms. The molecule has 0 aromatic carbocycles. The molecule has 2 bridgehead atoms. The number of rotatable bonds is 1. The lowest BCUT2D eigenvalue weighted by Gasteiger charge is -2.30. The van der Waals surface area contributed by atoms with E-state index in [1.165, 1.54) is 5.57 Å². The Labute approximate surface area is 103 Å². The molecule has 2 atom stereocenters. The number of methoxy groups -OCH3 is 1. The predicted octanol–water partition coefficient (Wildman–Crippen LogP) is 2.55. The number of piperidine rings is 1. The summed E-state index contributed by atoms with van der Waals surface area (Å²) >= 11 is 0. The third kappa shape index (κ3) is 2.56. The predicted molar refractivity (Wildman–Crippen MR) is 64.5 cm³/mol. The van der Waals surface area contributed by atoms with Gasteiger partial charge in [0, 0.05) is 18.5 Å². The van der Waals surface area contributed by atoms with Crippen molar-refractivity contribution in [3.8, 4) is 0 Å². The van der Waals surface area contributed by atoms with Gasteiger partial charge in [0.15, 0.2) is 0 Å². The quantitative estimate of drug-likeness (QED) is 0.660. The molecule has 2 unspecified atom stereocenters. The first-order chi connectivity index (χ1) is 7.90. The molecule has 0 spiro atoms. The maximum Gasteiger partial charge on any atom is 0.410 e. The smallest absolute Gasteiger partial charge is 0.410 e. The number of carbonyl (C=O) groups is 1. The van der Waals surface area contributed by atoms with Crippen molar-refractivity contribution in [2.75, 3.05) is 13.7 Å². The van der Waals surface area contributed by atoms with Gasteiger partial charge in [-0.2, -0.15) is 0 Å². The van der Waals surface area contributed by atoms with Gasteiger partial charge in [-0.15, -0.1) is 0 Å². The molecule has 1 aliphatic carbocycles. The minimum Gasteiger partial charge on any atom is -0.504 e. The second-order valence-corrected chi connectivity index (χ2v) is 5.85. The lowest BCUT2D eigenvalue weighted by atomic mass is 10.0. The van der Waals surface area contributed by atoms with Crippen molar-refractivity contribution >= 4 is 6.09 Å². The van der Waals surface area contributed by atoms with Crippen LogP contribution >= 0.6 is 0 Å². The summed E-state index contributed by atoms with van der Waals surface area (Å²) in [5.41, 5.74) is 0.918. The van der Waals surface area contributed by atoms with Gasteiger partial charge in [-0.1, -0.05) is 0 Å². The second-order valence-electron chi connectivity index (χ2n) is 5.85. The molecule has 1 saturated carbocycles. The molecule has 0 aromatic rings. The number of ether oxygens (including phenoxy) is 2. The van der Waals surface area contributed by atoms with Crippen LogP contribution < -0.4 is 0 Å². The van der Waals surface area contributed by atoms with E-state index in [9.17, 15) is 4.79 Å². The van der Waals surface area contributed by atoms with Crippen molar-refractivity contribution in [1.82, 2.24) is 4.90 Å². The van der Waals surface area contributed by atoms with E-state index in [0.717, 1.165) is 19.4 Å². The van der Waals surface area contributed by atoms with Crippen molar-refractivity contribution in [1.29, 1.82) is 0 Å². The molecule has 4 heteroatoms. The molecule has 0 radical (unpaired) electrons. The van der Waals surface area contributed by atoms with Gasteiger partial charge in [-0.05, 0) is 39.2 Å². The fourth-order valence-electron chi connectivity index (χ4n) is 2.66. The zero-order valence-electron chi connectivity index (χ0n) is 11.0. The minimum absolute atomic E-state index is 0.179. The Balaban J connectivity index is 1.96. The molecule has 2 aliphatic rings. The first-order valence-electron chi connectivity index (χ1n) is 6.12. The maximum absolute atomic E-state index is 12.0. The molecule has 96 valence electrons. The Kier molecular flexibility index (Phi) is 3.06. The number of hydrogen-bond donors (Lipinski definition) is 0. The summed E-state index contributed by atoms with van der Waals surface area (Å²) in [6.07, 6.45) is 3.63. The highest BCUT2D eigenvalue weighted by atomic mass is 16.6. The second kappa shape index (κ2) is 4.24. The fraction of sp³-hybridized carbons (Fsp3) is 0.769. The summed E-state index contributed by atoms with van der Waals surface area (Å²) in [4.78, 5) is 13.8. The normalized spacial score (nSPS) is 29.9. The molecule has 4 nitrogen and oxygen atoms in total. The Morgan fingerprint density at radius 1 is 1.47 bits per heavy atom. The fourth-order valence-corrected chi connectivity index (χ4v) is 2.66. The van der Waals surface area contributed by atoms with E-state index >= 15 is 0 Å². The highest BCUT2D eigenvalue weighted by Crippen LogP contribution is 2.42. The van der Waals surface area contributed by atoms with E-state index in [2.05, 4.69) is 0 Å². The summed E-state index contributed by atoms with van der Waals surface area (Å²) in [6.45, 7) is 6.47. The summed E-state index contributed by atoms with van der Waals surface area (Å²) < 4.78 is 10.5. The molecule has 1 aliphatic heterocycles. The molecule has 1 amide bonds. The van der Waals surface area contributed by atoms with Crippen LogP contribution in [-0.4, -0.2) is 36.3 Å². The first kappa shape index (κ1) is 12.3. The van der Waals surface area contributed by atoms with E-state index in [-0.39, 0.29) is 6.09 Å². The molecule has 2 rings (SSSR count). The summed E-state index contributed by atoms with van der Waals surface area (Å²) in [5.74, 6) is 0.465. The van der Waals surface area contributed by atoms with Crippen LogP contribution in [0.25, 0.3) is 0 Å². The standard InChI is InChI=1S/C13H21NO3/c1-13(2,3)17-12(15)14-7-9-5-11(14)6-10(9)8-16-4/h8-9,11H,5-7H2,1-4H3/b10-8+. The number of carbonyl (C=O) groups excluding carboxylic acids is 1. The highest BCUT2D eigenvalue weighted by Gasteiger charge is 2.44. The van der Waals surface area contributed by atoms with Gasteiger partial charge in [0.2, 0.25) is 0 Å². The van der Waals surface area contributed by atoms with Crippen molar-refractivity contribution in [2.24, 2.45) is 5.92 Å². The van der Waals surface area contributed by atoms with Crippen LogP contribution in [0.4, 0.5) is 4.79 Å². The third-order valence-corrected chi connectivity index (χ3v) is 3.31. The molecule has 0 N–H and O–H groups in total.